The SMILES string of the molecule is COc1cc(C(=O)NC2CCCCCC2)cc(OC)c1C. The molecule has 21 heavy (non-hydrogen) atoms. The maximum absolute atomic E-state index is 12.5. The van der Waals surface area contributed by atoms with E-state index in [9.17, 15) is 4.79 Å². The second-order valence-electron chi connectivity index (χ2n) is 5.67. The Labute approximate surface area is 126 Å². The standard InChI is InChI=1S/C17H25NO3/c1-12-15(20-2)10-13(11-16(12)21-3)17(19)18-14-8-6-4-5-7-9-14/h10-11,14H,4-9H2,1-3H3,(H,18,19). The van der Waals surface area contributed by atoms with Gasteiger partial charge in [-0.25, -0.2) is 0 Å². The number of hydrogen-bond donors (Lipinski definition) is 1. The number of amides is 1. The Morgan fingerprint density at radius 1 is 1.05 bits per heavy atom. The fourth-order valence-corrected chi connectivity index (χ4v) is 2.91. The minimum Gasteiger partial charge on any atom is -0.496 e. The molecule has 1 aliphatic rings. The van der Waals surface area contributed by atoms with Crippen LogP contribution in [0.1, 0.15) is 54.4 Å². The van der Waals surface area contributed by atoms with E-state index in [4.69, 9.17) is 9.47 Å². The van der Waals surface area contributed by atoms with E-state index < -0.39 is 0 Å². The zero-order chi connectivity index (χ0) is 15.2. The van der Waals surface area contributed by atoms with Gasteiger partial charge < -0.3 is 14.8 Å². The molecule has 1 saturated carbocycles. The maximum Gasteiger partial charge on any atom is 0.251 e. The number of methoxy groups -OCH3 is 2. The molecule has 1 N–H and O–H groups in total. The molecule has 1 fully saturated rings. The average molecular weight is 291 g/mol. The predicted octanol–water partition coefficient (Wildman–Crippen LogP) is 3.46. The summed E-state index contributed by atoms with van der Waals surface area (Å²) >= 11 is 0. The van der Waals surface area contributed by atoms with Crippen molar-refractivity contribution in [1.29, 1.82) is 0 Å². The fraction of sp³-hybridized carbons (Fsp3) is 0.588. The maximum atomic E-state index is 12.5. The molecule has 116 valence electrons. The van der Waals surface area contributed by atoms with Crippen molar-refractivity contribution < 1.29 is 14.3 Å². The molecule has 0 bridgehead atoms. The molecule has 0 aliphatic heterocycles. The number of ether oxygens (including phenoxy) is 2. The van der Waals surface area contributed by atoms with Crippen LogP contribution in [-0.4, -0.2) is 26.2 Å². The third kappa shape index (κ3) is 3.90. The lowest BCUT2D eigenvalue weighted by molar-refractivity contribution is 0.0932. The van der Waals surface area contributed by atoms with E-state index in [2.05, 4.69) is 5.32 Å². The lowest BCUT2D eigenvalue weighted by atomic mass is 10.1. The van der Waals surface area contributed by atoms with Crippen molar-refractivity contribution >= 4 is 5.91 Å². The summed E-state index contributed by atoms with van der Waals surface area (Å²) in [5.41, 5.74) is 1.50. The number of benzene rings is 1. The molecule has 1 amide bonds. The molecule has 0 radical (unpaired) electrons. The largest absolute Gasteiger partial charge is 0.496 e. The molecule has 0 atom stereocenters. The van der Waals surface area contributed by atoms with E-state index in [0.717, 1.165) is 18.4 Å². The number of carbonyl (C=O) groups excluding carboxylic acids is 1. The summed E-state index contributed by atoms with van der Waals surface area (Å²) in [6.45, 7) is 1.92. The second-order valence-corrected chi connectivity index (χ2v) is 5.67. The fourth-order valence-electron chi connectivity index (χ4n) is 2.91. The van der Waals surface area contributed by atoms with Crippen LogP contribution >= 0.6 is 0 Å². The van der Waals surface area contributed by atoms with Crippen LogP contribution in [-0.2, 0) is 0 Å². The Balaban J connectivity index is 2.14. The van der Waals surface area contributed by atoms with E-state index in [1.807, 2.05) is 6.92 Å². The van der Waals surface area contributed by atoms with Crippen LogP contribution < -0.4 is 14.8 Å². The topological polar surface area (TPSA) is 47.6 Å². The average Bonchev–Trinajstić information content (AvgIpc) is 2.76. The van der Waals surface area contributed by atoms with Crippen LogP contribution in [0.5, 0.6) is 11.5 Å². The Kier molecular flexibility index (Phi) is 5.48. The Hall–Kier alpha value is -1.71. The molecular weight excluding hydrogens is 266 g/mol. The Bertz CT molecular complexity index is 466. The van der Waals surface area contributed by atoms with Crippen molar-refractivity contribution in [2.45, 2.75) is 51.5 Å². The van der Waals surface area contributed by atoms with Crippen molar-refractivity contribution in [2.24, 2.45) is 0 Å². The lowest BCUT2D eigenvalue weighted by Gasteiger charge is -2.17. The van der Waals surface area contributed by atoms with E-state index in [-0.39, 0.29) is 5.91 Å². The summed E-state index contributed by atoms with van der Waals surface area (Å²) in [6.07, 6.45) is 7.10. The van der Waals surface area contributed by atoms with Crippen LogP contribution in [0, 0.1) is 6.92 Å². The van der Waals surface area contributed by atoms with Crippen LogP contribution in [0.25, 0.3) is 0 Å². The predicted molar refractivity (Wildman–Crippen MR) is 83.2 cm³/mol. The monoisotopic (exact) mass is 291 g/mol. The van der Waals surface area contributed by atoms with Gasteiger partial charge >= 0.3 is 0 Å². The van der Waals surface area contributed by atoms with Gasteiger partial charge in [0.05, 0.1) is 14.2 Å². The van der Waals surface area contributed by atoms with Crippen molar-refractivity contribution in [1.82, 2.24) is 5.32 Å². The number of nitrogens with one attached hydrogen (secondary N) is 1. The molecule has 0 heterocycles. The number of carbonyl (C=O) groups is 1. The molecular formula is C17H25NO3. The highest BCUT2D eigenvalue weighted by molar-refractivity contribution is 5.95. The molecule has 2 rings (SSSR count). The summed E-state index contributed by atoms with van der Waals surface area (Å²) in [5.74, 6) is 1.32. The summed E-state index contributed by atoms with van der Waals surface area (Å²) in [6, 6.07) is 3.85. The van der Waals surface area contributed by atoms with Crippen molar-refractivity contribution in [2.75, 3.05) is 14.2 Å². The van der Waals surface area contributed by atoms with Crippen LogP contribution in [0.2, 0.25) is 0 Å². The van der Waals surface area contributed by atoms with Gasteiger partial charge in [-0.2, -0.15) is 0 Å². The molecule has 0 spiro atoms. The van der Waals surface area contributed by atoms with Gasteiger partial charge in [-0.05, 0) is 31.9 Å². The second kappa shape index (κ2) is 7.34. The first-order valence-electron chi connectivity index (χ1n) is 7.69. The van der Waals surface area contributed by atoms with Crippen molar-refractivity contribution in [3.63, 3.8) is 0 Å². The highest BCUT2D eigenvalue weighted by Crippen LogP contribution is 2.29. The summed E-state index contributed by atoms with van der Waals surface area (Å²) in [5, 5.41) is 3.15. The highest BCUT2D eigenvalue weighted by Gasteiger charge is 2.18. The first-order valence-corrected chi connectivity index (χ1v) is 7.69. The van der Waals surface area contributed by atoms with E-state index in [1.54, 1.807) is 26.4 Å². The zero-order valence-electron chi connectivity index (χ0n) is 13.2. The van der Waals surface area contributed by atoms with Gasteiger partial charge in [0, 0.05) is 17.2 Å². The Morgan fingerprint density at radius 3 is 2.05 bits per heavy atom. The highest BCUT2D eigenvalue weighted by atomic mass is 16.5. The quantitative estimate of drug-likeness (QED) is 0.864. The number of rotatable bonds is 4. The van der Waals surface area contributed by atoms with Crippen molar-refractivity contribution in [3.05, 3.63) is 23.3 Å². The smallest absolute Gasteiger partial charge is 0.251 e. The molecule has 0 aromatic heterocycles. The molecule has 1 aliphatic carbocycles. The summed E-state index contributed by atoms with van der Waals surface area (Å²) < 4.78 is 10.7. The molecule has 0 unspecified atom stereocenters. The normalized spacial score (nSPS) is 16.1. The minimum absolute atomic E-state index is 0.0431. The van der Waals surface area contributed by atoms with Crippen LogP contribution in [0.4, 0.5) is 0 Å². The van der Waals surface area contributed by atoms with E-state index >= 15 is 0 Å². The third-order valence-corrected chi connectivity index (χ3v) is 4.20. The Morgan fingerprint density at radius 2 is 1.57 bits per heavy atom. The van der Waals surface area contributed by atoms with E-state index in [0.29, 0.717) is 23.1 Å². The van der Waals surface area contributed by atoms with Gasteiger partial charge in [0.2, 0.25) is 0 Å². The van der Waals surface area contributed by atoms with Crippen LogP contribution in [0.15, 0.2) is 12.1 Å². The van der Waals surface area contributed by atoms with Gasteiger partial charge in [-0.15, -0.1) is 0 Å². The van der Waals surface area contributed by atoms with Gasteiger partial charge in [0.25, 0.3) is 5.91 Å². The van der Waals surface area contributed by atoms with E-state index in [1.165, 1.54) is 25.7 Å². The molecule has 1 aromatic carbocycles. The van der Waals surface area contributed by atoms with Gasteiger partial charge in [-0.3, -0.25) is 4.79 Å². The van der Waals surface area contributed by atoms with Crippen molar-refractivity contribution in [3.8, 4) is 11.5 Å². The summed E-state index contributed by atoms with van der Waals surface area (Å²) in [4.78, 5) is 12.5. The van der Waals surface area contributed by atoms with Gasteiger partial charge in [0.15, 0.2) is 0 Å². The van der Waals surface area contributed by atoms with Gasteiger partial charge in [-0.1, -0.05) is 25.7 Å². The molecule has 1 aromatic rings. The molecule has 4 nitrogen and oxygen atoms in total. The minimum atomic E-state index is -0.0431. The molecule has 0 saturated heterocycles. The number of hydrogen-bond acceptors (Lipinski definition) is 3. The first kappa shape index (κ1) is 15.7. The first-order chi connectivity index (χ1) is 10.2. The van der Waals surface area contributed by atoms with Crippen LogP contribution in [0.3, 0.4) is 0 Å². The van der Waals surface area contributed by atoms with Gasteiger partial charge in [0.1, 0.15) is 11.5 Å². The zero-order valence-corrected chi connectivity index (χ0v) is 13.2. The summed E-state index contributed by atoms with van der Waals surface area (Å²) in [7, 11) is 3.21. The molecule has 4 heteroatoms. The lowest BCUT2D eigenvalue weighted by Crippen LogP contribution is -2.34. The third-order valence-electron chi connectivity index (χ3n) is 4.20.